The first-order valence-electron chi connectivity index (χ1n) is 7.23. The number of aryl methyl sites for hydroxylation is 1. The van der Waals surface area contributed by atoms with E-state index in [1.165, 1.54) is 22.3 Å². The van der Waals surface area contributed by atoms with Crippen molar-refractivity contribution in [3.8, 4) is 0 Å². The number of furan rings is 1. The Hall–Kier alpha value is -1.02. The fourth-order valence-electron chi connectivity index (χ4n) is 2.51. The molecule has 1 aromatic carbocycles. The summed E-state index contributed by atoms with van der Waals surface area (Å²) in [6, 6.07) is 8.91. The van der Waals surface area contributed by atoms with Crippen LogP contribution in [0.2, 0.25) is 0 Å². The Morgan fingerprint density at radius 3 is 2.10 bits per heavy atom. The second kappa shape index (κ2) is 6.17. The summed E-state index contributed by atoms with van der Waals surface area (Å²) in [5.74, 6) is 2.05. The molecule has 1 heterocycles. The van der Waals surface area contributed by atoms with Gasteiger partial charge in [0.25, 0.3) is 0 Å². The van der Waals surface area contributed by atoms with Gasteiger partial charge in [-0.05, 0) is 41.5 Å². The predicted octanol–water partition coefficient (Wildman–Crippen LogP) is 6.32. The lowest BCUT2D eigenvalue weighted by Gasteiger charge is -2.20. The maximum absolute atomic E-state index is 5.44. The van der Waals surface area contributed by atoms with Gasteiger partial charge in [-0.25, -0.2) is 0 Å². The van der Waals surface area contributed by atoms with Crippen LogP contribution in [-0.2, 0) is 0 Å². The first-order chi connectivity index (χ1) is 9.41. The lowest BCUT2D eigenvalue weighted by Crippen LogP contribution is -2.03. The van der Waals surface area contributed by atoms with Crippen molar-refractivity contribution in [2.75, 3.05) is 0 Å². The lowest BCUT2D eigenvalue weighted by atomic mass is 9.89. The highest BCUT2D eigenvalue weighted by Crippen LogP contribution is 2.38. The Morgan fingerprint density at radius 1 is 0.900 bits per heavy atom. The molecule has 1 aromatic heterocycles. The minimum atomic E-state index is 0.194. The van der Waals surface area contributed by atoms with E-state index in [1.54, 1.807) is 6.26 Å². The van der Waals surface area contributed by atoms with Crippen LogP contribution < -0.4 is 0 Å². The molecule has 1 atom stereocenters. The van der Waals surface area contributed by atoms with E-state index in [2.05, 4.69) is 67.9 Å². The maximum atomic E-state index is 5.44. The van der Waals surface area contributed by atoms with Crippen molar-refractivity contribution in [3.05, 3.63) is 58.5 Å². The second-order valence-corrected chi connectivity index (χ2v) is 6.91. The molecule has 2 rings (SSSR count). The zero-order valence-electron chi connectivity index (χ0n) is 12.9. The molecule has 108 valence electrons. The molecule has 1 unspecified atom stereocenters. The number of halogens is 1. The zero-order valence-corrected chi connectivity index (χ0v) is 14.5. The Morgan fingerprint density at radius 2 is 1.60 bits per heavy atom. The molecule has 0 bridgehead atoms. The third kappa shape index (κ3) is 3.01. The molecule has 2 aromatic rings. The van der Waals surface area contributed by atoms with Crippen molar-refractivity contribution < 1.29 is 4.42 Å². The molecule has 0 amide bonds. The molecule has 0 radical (unpaired) electrons. The SMILES string of the molecule is Cc1occc1C(Br)c1ccc(C(C)C)cc1C(C)C. The van der Waals surface area contributed by atoms with Crippen LogP contribution >= 0.6 is 15.9 Å². The fraction of sp³-hybridized carbons (Fsp3) is 0.444. The van der Waals surface area contributed by atoms with Crippen LogP contribution in [0.3, 0.4) is 0 Å². The van der Waals surface area contributed by atoms with E-state index in [1.807, 2.05) is 6.92 Å². The van der Waals surface area contributed by atoms with E-state index in [-0.39, 0.29) is 4.83 Å². The molecular formula is C18H23BrO. The predicted molar refractivity (Wildman–Crippen MR) is 88.8 cm³/mol. The molecule has 0 saturated carbocycles. The Bertz CT molecular complexity index is 581. The van der Waals surface area contributed by atoms with Crippen molar-refractivity contribution in [3.63, 3.8) is 0 Å². The minimum Gasteiger partial charge on any atom is -0.469 e. The summed E-state index contributed by atoms with van der Waals surface area (Å²) in [4.78, 5) is 0.194. The van der Waals surface area contributed by atoms with Gasteiger partial charge >= 0.3 is 0 Å². The number of hydrogen-bond acceptors (Lipinski definition) is 1. The van der Waals surface area contributed by atoms with E-state index in [0.29, 0.717) is 11.8 Å². The smallest absolute Gasteiger partial charge is 0.105 e. The summed E-state index contributed by atoms with van der Waals surface area (Å²) in [6.07, 6.45) is 1.76. The van der Waals surface area contributed by atoms with Crippen LogP contribution in [0.15, 0.2) is 34.9 Å². The molecule has 0 aliphatic heterocycles. The summed E-state index contributed by atoms with van der Waals surface area (Å²) >= 11 is 3.84. The number of alkyl halides is 1. The highest BCUT2D eigenvalue weighted by Gasteiger charge is 2.20. The number of benzene rings is 1. The van der Waals surface area contributed by atoms with Crippen LogP contribution in [0.25, 0.3) is 0 Å². The van der Waals surface area contributed by atoms with Crippen LogP contribution in [0, 0.1) is 6.92 Å². The van der Waals surface area contributed by atoms with Crippen LogP contribution in [-0.4, -0.2) is 0 Å². The van der Waals surface area contributed by atoms with Gasteiger partial charge in [0.2, 0.25) is 0 Å². The highest BCUT2D eigenvalue weighted by molar-refractivity contribution is 9.09. The Labute approximate surface area is 130 Å². The van der Waals surface area contributed by atoms with Gasteiger partial charge < -0.3 is 4.42 Å². The normalized spacial score (nSPS) is 13.2. The third-order valence-electron chi connectivity index (χ3n) is 3.84. The van der Waals surface area contributed by atoms with Crippen LogP contribution in [0.5, 0.6) is 0 Å². The highest BCUT2D eigenvalue weighted by atomic mass is 79.9. The van der Waals surface area contributed by atoms with Crippen LogP contribution in [0.4, 0.5) is 0 Å². The summed E-state index contributed by atoms with van der Waals surface area (Å²) in [5.41, 5.74) is 5.37. The molecule has 0 aliphatic rings. The van der Waals surface area contributed by atoms with Gasteiger partial charge in [-0.15, -0.1) is 0 Å². The molecule has 20 heavy (non-hydrogen) atoms. The topological polar surface area (TPSA) is 13.1 Å². The van der Waals surface area contributed by atoms with Gasteiger partial charge in [0.15, 0.2) is 0 Å². The van der Waals surface area contributed by atoms with Gasteiger partial charge in [-0.1, -0.05) is 61.8 Å². The van der Waals surface area contributed by atoms with E-state index in [4.69, 9.17) is 4.42 Å². The second-order valence-electron chi connectivity index (χ2n) is 5.99. The largest absolute Gasteiger partial charge is 0.469 e. The van der Waals surface area contributed by atoms with Gasteiger partial charge in [0.1, 0.15) is 5.76 Å². The molecule has 1 nitrogen and oxygen atoms in total. The van der Waals surface area contributed by atoms with Gasteiger partial charge in [0.05, 0.1) is 11.1 Å². The van der Waals surface area contributed by atoms with E-state index >= 15 is 0 Å². The molecule has 0 spiro atoms. The summed E-state index contributed by atoms with van der Waals surface area (Å²) in [6.45, 7) is 11.0. The average Bonchev–Trinajstić information content (AvgIpc) is 2.83. The van der Waals surface area contributed by atoms with Gasteiger partial charge in [-0.3, -0.25) is 0 Å². The zero-order chi connectivity index (χ0) is 14.9. The standard InChI is InChI=1S/C18H23BrO/c1-11(2)14-6-7-16(17(10-14)12(3)4)18(19)15-8-9-20-13(15)5/h6-12,18H,1-5H3. The Kier molecular flexibility index (Phi) is 4.74. The van der Waals surface area contributed by atoms with E-state index in [0.717, 1.165) is 5.76 Å². The monoisotopic (exact) mass is 334 g/mol. The molecule has 0 N–H and O–H groups in total. The molecule has 0 saturated heterocycles. The third-order valence-corrected chi connectivity index (χ3v) is 4.83. The average molecular weight is 335 g/mol. The van der Waals surface area contributed by atoms with E-state index in [9.17, 15) is 0 Å². The molecular weight excluding hydrogens is 312 g/mol. The first-order valence-corrected chi connectivity index (χ1v) is 8.15. The molecule has 0 aliphatic carbocycles. The summed E-state index contributed by atoms with van der Waals surface area (Å²) in [7, 11) is 0. The fourth-order valence-corrected chi connectivity index (χ4v) is 3.40. The van der Waals surface area contributed by atoms with Crippen molar-refractivity contribution in [2.45, 2.75) is 51.3 Å². The first kappa shape index (κ1) is 15.4. The van der Waals surface area contributed by atoms with Crippen molar-refractivity contribution in [1.29, 1.82) is 0 Å². The Balaban J connectivity index is 2.48. The van der Waals surface area contributed by atoms with Crippen molar-refractivity contribution in [1.82, 2.24) is 0 Å². The number of hydrogen-bond donors (Lipinski definition) is 0. The van der Waals surface area contributed by atoms with Crippen molar-refractivity contribution >= 4 is 15.9 Å². The van der Waals surface area contributed by atoms with E-state index < -0.39 is 0 Å². The van der Waals surface area contributed by atoms with Gasteiger partial charge in [0, 0.05) is 5.56 Å². The summed E-state index contributed by atoms with van der Waals surface area (Å²) < 4.78 is 5.44. The molecule has 2 heteroatoms. The summed E-state index contributed by atoms with van der Waals surface area (Å²) in [5, 5.41) is 0. The quantitative estimate of drug-likeness (QED) is 0.596. The van der Waals surface area contributed by atoms with Gasteiger partial charge in [-0.2, -0.15) is 0 Å². The van der Waals surface area contributed by atoms with Crippen LogP contribution in [0.1, 0.15) is 72.4 Å². The van der Waals surface area contributed by atoms with Crippen molar-refractivity contribution in [2.24, 2.45) is 0 Å². The maximum Gasteiger partial charge on any atom is 0.105 e. The minimum absolute atomic E-state index is 0.194. The number of rotatable bonds is 4. The molecule has 0 fully saturated rings. The lowest BCUT2D eigenvalue weighted by molar-refractivity contribution is 0.530.